The molecule has 7 nitrogen and oxygen atoms in total. The standard InChI is InChI=1S/C26H29Cl2N3O4/c1-35-24-14-16(5-6-19(24)23-13-17-12-20(27)21(28)15-22(17)30-23)26(34)29-18-7-10-31(11-8-18)9-3-2-4-25(32)33/h5-6,12-15,18,30H,2-4,7-11H2,1H3,(H,29,34)(H,32,33). The lowest BCUT2D eigenvalue weighted by Gasteiger charge is -2.32. The number of carbonyl (C=O) groups excluding carboxylic acids is 1. The maximum absolute atomic E-state index is 12.9. The molecule has 186 valence electrons. The summed E-state index contributed by atoms with van der Waals surface area (Å²) in [5, 5.41) is 13.8. The Labute approximate surface area is 214 Å². The number of carbonyl (C=O) groups is 2. The Morgan fingerprint density at radius 1 is 1.11 bits per heavy atom. The minimum Gasteiger partial charge on any atom is -0.496 e. The van der Waals surface area contributed by atoms with Crippen LogP contribution in [0.25, 0.3) is 22.2 Å². The summed E-state index contributed by atoms with van der Waals surface area (Å²) in [5.41, 5.74) is 3.09. The van der Waals surface area contributed by atoms with Crippen molar-refractivity contribution in [2.75, 3.05) is 26.7 Å². The molecule has 0 atom stereocenters. The summed E-state index contributed by atoms with van der Waals surface area (Å²) in [6, 6.07) is 11.1. The van der Waals surface area contributed by atoms with Gasteiger partial charge >= 0.3 is 5.97 Å². The van der Waals surface area contributed by atoms with E-state index in [1.807, 2.05) is 18.2 Å². The average molecular weight is 518 g/mol. The van der Waals surface area contributed by atoms with E-state index >= 15 is 0 Å². The smallest absolute Gasteiger partial charge is 0.303 e. The number of hydrogen-bond acceptors (Lipinski definition) is 4. The van der Waals surface area contributed by atoms with Gasteiger partial charge in [-0.25, -0.2) is 0 Å². The van der Waals surface area contributed by atoms with Crippen LogP contribution in [0.15, 0.2) is 36.4 Å². The van der Waals surface area contributed by atoms with Crippen LogP contribution in [0.4, 0.5) is 0 Å². The number of methoxy groups -OCH3 is 1. The third kappa shape index (κ3) is 6.28. The van der Waals surface area contributed by atoms with Crippen LogP contribution < -0.4 is 10.1 Å². The number of aromatic nitrogens is 1. The Morgan fingerprint density at radius 3 is 2.57 bits per heavy atom. The summed E-state index contributed by atoms with van der Waals surface area (Å²) in [6.07, 6.45) is 3.55. The molecule has 3 N–H and O–H groups in total. The first-order valence-electron chi connectivity index (χ1n) is 11.7. The van der Waals surface area contributed by atoms with Crippen molar-refractivity contribution in [3.63, 3.8) is 0 Å². The lowest BCUT2D eigenvalue weighted by Crippen LogP contribution is -2.44. The van der Waals surface area contributed by atoms with E-state index in [9.17, 15) is 9.59 Å². The lowest BCUT2D eigenvalue weighted by atomic mass is 10.0. The van der Waals surface area contributed by atoms with Gasteiger partial charge in [-0.2, -0.15) is 0 Å². The second-order valence-electron chi connectivity index (χ2n) is 8.89. The highest BCUT2D eigenvalue weighted by atomic mass is 35.5. The molecule has 0 bridgehead atoms. The third-order valence-corrected chi connectivity index (χ3v) is 7.18. The van der Waals surface area contributed by atoms with E-state index in [4.69, 9.17) is 33.0 Å². The number of nitrogens with zero attached hydrogens (tertiary/aromatic N) is 1. The fraction of sp³-hybridized carbons (Fsp3) is 0.385. The summed E-state index contributed by atoms with van der Waals surface area (Å²) in [5.74, 6) is -0.269. The Morgan fingerprint density at radius 2 is 1.86 bits per heavy atom. The zero-order chi connectivity index (χ0) is 24.9. The number of piperidine rings is 1. The number of H-pyrrole nitrogens is 1. The van der Waals surface area contributed by atoms with Crippen molar-refractivity contribution in [2.45, 2.75) is 38.1 Å². The topological polar surface area (TPSA) is 94.7 Å². The van der Waals surface area contributed by atoms with E-state index in [1.165, 1.54) is 0 Å². The van der Waals surface area contributed by atoms with Crippen LogP contribution in [0, 0.1) is 0 Å². The second kappa shape index (κ2) is 11.3. The molecule has 1 aliphatic heterocycles. The van der Waals surface area contributed by atoms with Gasteiger partial charge in [0.05, 0.1) is 22.8 Å². The van der Waals surface area contributed by atoms with E-state index in [0.29, 0.717) is 27.8 Å². The average Bonchev–Trinajstić information content (AvgIpc) is 3.24. The molecule has 35 heavy (non-hydrogen) atoms. The van der Waals surface area contributed by atoms with Crippen molar-refractivity contribution in [3.8, 4) is 17.0 Å². The molecular formula is C26H29Cl2N3O4. The number of hydrogen-bond donors (Lipinski definition) is 3. The highest BCUT2D eigenvalue weighted by molar-refractivity contribution is 6.42. The predicted octanol–water partition coefficient (Wildman–Crippen LogP) is 5.60. The Bertz CT molecular complexity index is 1180. The first kappa shape index (κ1) is 25.4. The van der Waals surface area contributed by atoms with Gasteiger partial charge in [-0.15, -0.1) is 0 Å². The third-order valence-electron chi connectivity index (χ3n) is 6.45. The number of fused-ring (bicyclic) bond motifs is 1. The summed E-state index contributed by atoms with van der Waals surface area (Å²) >= 11 is 12.3. The van der Waals surface area contributed by atoms with E-state index < -0.39 is 5.97 Å². The number of likely N-dealkylation sites (tertiary alicyclic amines) is 1. The highest BCUT2D eigenvalue weighted by Crippen LogP contribution is 2.35. The van der Waals surface area contributed by atoms with E-state index in [0.717, 1.165) is 61.1 Å². The molecule has 0 spiro atoms. The zero-order valence-corrected chi connectivity index (χ0v) is 21.1. The SMILES string of the molecule is COc1cc(C(=O)NC2CCN(CCCCC(=O)O)CC2)ccc1-c1cc2cc(Cl)c(Cl)cc2[nH]1. The molecule has 4 rings (SSSR count). The van der Waals surface area contributed by atoms with Gasteiger partial charge in [0.2, 0.25) is 0 Å². The summed E-state index contributed by atoms with van der Waals surface area (Å²) in [4.78, 5) is 29.2. The number of rotatable bonds is 9. The molecule has 3 aromatic rings. The van der Waals surface area contributed by atoms with Gasteiger partial charge in [0.25, 0.3) is 5.91 Å². The molecule has 1 aromatic heterocycles. The predicted molar refractivity (Wildman–Crippen MR) is 139 cm³/mol. The number of carboxylic acids is 1. The van der Waals surface area contributed by atoms with Crippen LogP contribution in [0.1, 0.15) is 42.5 Å². The van der Waals surface area contributed by atoms with Crippen LogP contribution in [0.5, 0.6) is 5.75 Å². The summed E-state index contributed by atoms with van der Waals surface area (Å²) < 4.78 is 5.60. The van der Waals surface area contributed by atoms with E-state index in [-0.39, 0.29) is 18.4 Å². The minimum absolute atomic E-state index is 0.117. The molecule has 0 saturated carbocycles. The number of benzene rings is 2. The quantitative estimate of drug-likeness (QED) is 0.321. The number of aliphatic carboxylic acids is 1. The molecule has 2 heterocycles. The fourth-order valence-electron chi connectivity index (χ4n) is 4.51. The van der Waals surface area contributed by atoms with Gasteiger partial charge < -0.3 is 25.0 Å². The Balaban J connectivity index is 1.37. The zero-order valence-electron chi connectivity index (χ0n) is 19.6. The second-order valence-corrected chi connectivity index (χ2v) is 9.71. The van der Waals surface area contributed by atoms with Crippen LogP contribution in [-0.4, -0.2) is 59.7 Å². The molecule has 1 saturated heterocycles. The summed E-state index contributed by atoms with van der Waals surface area (Å²) in [6.45, 7) is 2.70. The monoisotopic (exact) mass is 517 g/mol. The van der Waals surface area contributed by atoms with Gasteiger partial charge in [-0.1, -0.05) is 23.2 Å². The van der Waals surface area contributed by atoms with Crippen LogP contribution in [0.2, 0.25) is 10.0 Å². The lowest BCUT2D eigenvalue weighted by molar-refractivity contribution is -0.137. The van der Waals surface area contributed by atoms with Gasteiger partial charge in [0, 0.05) is 47.6 Å². The first-order valence-corrected chi connectivity index (χ1v) is 12.5. The number of ether oxygens (including phenoxy) is 1. The number of amides is 1. The van der Waals surface area contributed by atoms with Crippen molar-refractivity contribution >= 4 is 46.0 Å². The van der Waals surface area contributed by atoms with Crippen molar-refractivity contribution in [2.24, 2.45) is 0 Å². The molecule has 2 aromatic carbocycles. The molecule has 1 aliphatic rings. The number of carboxylic acid groups (broad SMARTS) is 1. The van der Waals surface area contributed by atoms with Crippen molar-refractivity contribution in [1.29, 1.82) is 0 Å². The maximum Gasteiger partial charge on any atom is 0.303 e. The summed E-state index contributed by atoms with van der Waals surface area (Å²) in [7, 11) is 1.59. The fourth-order valence-corrected chi connectivity index (χ4v) is 4.84. The number of aromatic amines is 1. The molecule has 1 amide bonds. The van der Waals surface area contributed by atoms with E-state index in [2.05, 4.69) is 15.2 Å². The molecule has 0 unspecified atom stereocenters. The number of halogens is 2. The van der Waals surface area contributed by atoms with Gasteiger partial charge in [-0.05, 0) is 68.6 Å². The van der Waals surface area contributed by atoms with Gasteiger partial charge in [0.15, 0.2) is 0 Å². The molecule has 9 heteroatoms. The maximum atomic E-state index is 12.9. The van der Waals surface area contributed by atoms with Crippen LogP contribution in [-0.2, 0) is 4.79 Å². The molecular weight excluding hydrogens is 489 g/mol. The molecule has 0 radical (unpaired) electrons. The molecule has 0 aliphatic carbocycles. The highest BCUT2D eigenvalue weighted by Gasteiger charge is 2.22. The van der Waals surface area contributed by atoms with Crippen LogP contribution >= 0.6 is 23.2 Å². The van der Waals surface area contributed by atoms with Crippen molar-refractivity contribution < 1.29 is 19.4 Å². The Hall–Kier alpha value is -2.74. The molecule has 1 fully saturated rings. The van der Waals surface area contributed by atoms with E-state index in [1.54, 1.807) is 25.3 Å². The Kier molecular flexibility index (Phi) is 8.21. The first-order chi connectivity index (χ1) is 16.8. The number of unbranched alkanes of at least 4 members (excludes halogenated alkanes) is 1. The van der Waals surface area contributed by atoms with Crippen molar-refractivity contribution in [1.82, 2.24) is 15.2 Å². The van der Waals surface area contributed by atoms with Crippen molar-refractivity contribution in [3.05, 3.63) is 52.0 Å². The minimum atomic E-state index is -0.743. The largest absolute Gasteiger partial charge is 0.496 e. The van der Waals surface area contributed by atoms with Gasteiger partial charge in [-0.3, -0.25) is 9.59 Å². The number of nitrogens with one attached hydrogen (secondary N) is 2. The van der Waals surface area contributed by atoms with Crippen LogP contribution in [0.3, 0.4) is 0 Å². The normalized spacial score (nSPS) is 14.8. The van der Waals surface area contributed by atoms with Gasteiger partial charge in [0.1, 0.15) is 5.75 Å².